The van der Waals surface area contributed by atoms with Gasteiger partial charge in [0.05, 0.1) is 24.4 Å². The highest BCUT2D eigenvalue weighted by Crippen LogP contribution is 2.14. The minimum absolute atomic E-state index is 0.0781. The SMILES string of the molecule is COC(=O)C(CCC(CNC(=O)OCc1ccc([N+](=O)[O-])cc1)OS(C)(=O)=O)NC(=O)OC(C)(C)C. The van der Waals surface area contributed by atoms with Gasteiger partial charge in [-0.25, -0.2) is 14.4 Å². The van der Waals surface area contributed by atoms with Crippen LogP contribution in [-0.4, -0.2) is 69.2 Å². The minimum atomic E-state index is -3.93. The maximum absolute atomic E-state index is 12.1. The molecule has 0 aromatic heterocycles. The van der Waals surface area contributed by atoms with E-state index in [1.54, 1.807) is 20.8 Å². The van der Waals surface area contributed by atoms with E-state index in [0.29, 0.717) is 5.56 Å². The van der Waals surface area contributed by atoms with Crippen LogP contribution < -0.4 is 10.6 Å². The summed E-state index contributed by atoms with van der Waals surface area (Å²) in [5.74, 6) is -0.783. The number of ether oxygens (including phenoxy) is 3. The van der Waals surface area contributed by atoms with Gasteiger partial charge in [0.25, 0.3) is 15.8 Å². The Labute approximate surface area is 208 Å². The number of methoxy groups -OCH3 is 1. The van der Waals surface area contributed by atoms with E-state index in [-0.39, 0.29) is 31.7 Å². The zero-order valence-corrected chi connectivity index (χ0v) is 21.5. The number of benzene rings is 1. The van der Waals surface area contributed by atoms with Crippen LogP contribution in [0.2, 0.25) is 0 Å². The minimum Gasteiger partial charge on any atom is -0.467 e. The van der Waals surface area contributed by atoms with Gasteiger partial charge in [-0.1, -0.05) is 0 Å². The summed E-state index contributed by atoms with van der Waals surface area (Å²) in [7, 11) is -2.81. The Morgan fingerprint density at radius 3 is 2.19 bits per heavy atom. The van der Waals surface area contributed by atoms with Crippen molar-refractivity contribution in [3.05, 3.63) is 39.9 Å². The Hall–Kier alpha value is -3.46. The van der Waals surface area contributed by atoms with Gasteiger partial charge in [-0.3, -0.25) is 14.3 Å². The van der Waals surface area contributed by atoms with Gasteiger partial charge >= 0.3 is 18.2 Å². The quantitative estimate of drug-likeness (QED) is 0.131. The van der Waals surface area contributed by atoms with E-state index in [2.05, 4.69) is 15.4 Å². The molecule has 0 aliphatic rings. The van der Waals surface area contributed by atoms with E-state index in [0.717, 1.165) is 13.4 Å². The predicted molar refractivity (Wildman–Crippen MR) is 125 cm³/mol. The van der Waals surface area contributed by atoms with Gasteiger partial charge in [0, 0.05) is 18.7 Å². The molecule has 0 heterocycles. The summed E-state index contributed by atoms with van der Waals surface area (Å²) in [5.41, 5.74) is -0.435. The molecule has 15 heteroatoms. The zero-order valence-electron chi connectivity index (χ0n) is 20.6. The smallest absolute Gasteiger partial charge is 0.408 e. The largest absolute Gasteiger partial charge is 0.467 e. The monoisotopic (exact) mass is 533 g/mol. The summed E-state index contributed by atoms with van der Waals surface area (Å²) in [5, 5.41) is 15.4. The molecule has 1 aromatic carbocycles. The topological polar surface area (TPSA) is 189 Å². The summed E-state index contributed by atoms with van der Waals surface area (Å²) < 4.78 is 43.1. The summed E-state index contributed by atoms with van der Waals surface area (Å²) in [6.07, 6.45) is -2.21. The van der Waals surface area contributed by atoms with Crippen LogP contribution in [0.3, 0.4) is 0 Å². The molecule has 1 aromatic rings. The molecule has 0 fully saturated rings. The van der Waals surface area contributed by atoms with E-state index in [4.69, 9.17) is 13.7 Å². The number of alkyl carbamates (subject to hydrolysis) is 2. The maximum Gasteiger partial charge on any atom is 0.408 e. The van der Waals surface area contributed by atoms with Crippen molar-refractivity contribution in [2.75, 3.05) is 19.9 Å². The highest BCUT2D eigenvalue weighted by molar-refractivity contribution is 7.86. The second-order valence-electron chi connectivity index (χ2n) is 8.60. The van der Waals surface area contributed by atoms with E-state index in [1.165, 1.54) is 24.3 Å². The van der Waals surface area contributed by atoms with Crippen molar-refractivity contribution in [3.8, 4) is 0 Å². The first-order valence-electron chi connectivity index (χ1n) is 10.7. The fourth-order valence-electron chi connectivity index (χ4n) is 2.74. The molecule has 2 amide bonds. The summed E-state index contributed by atoms with van der Waals surface area (Å²) in [6.45, 7) is 4.43. The summed E-state index contributed by atoms with van der Waals surface area (Å²) >= 11 is 0. The van der Waals surface area contributed by atoms with Crippen molar-refractivity contribution < 1.29 is 46.1 Å². The molecule has 1 rings (SSSR count). The lowest BCUT2D eigenvalue weighted by Crippen LogP contribution is -2.45. The van der Waals surface area contributed by atoms with E-state index < -0.39 is 50.9 Å². The first kappa shape index (κ1) is 30.6. The summed E-state index contributed by atoms with van der Waals surface area (Å²) in [4.78, 5) is 46.3. The number of rotatable bonds is 12. The molecule has 0 saturated carbocycles. The fraction of sp³-hybridized carbons (Fsp3) is 0.571. The van der Waals surface area contributed by atoms with Gasteiger partial charge in [0.2, 0.25) is 0 Å². The second kappa shape index (κ2) is 13.6. The summed E-state index contributed by atoms with van der Waals surface area (Å²) in [6, 6.07) is 4.20. The molecule has 0 radical (unpaired) electrons. The van der Waals surface area contributed by atoms with E-state index in [1.807, 2.05) is 0 Å². The number of non-ortho nitro benzene ring substituents is 1. The third-order valence-electron chi connectivity index (χ3n) is 4.26. The average Bonchev–Trinajstić information content (AvgIpc) is 2.76. The van der Waals surface area contributed by atoms with Crippen molar-refractivity contribution in [2.24, 2.45) is 0 Å². The van der Waals surface area contributed by atoms with Crippen LogP contribution in [0.4, 0.5) is 15.3 Å². The van der Waals surface area contributed by atoms with Crippen molar-refractivity contribution in [3.63, 3.8) is 0 Å². The number of carbonyl (C=O) groups is 3. The first-order chi connectivity index (χ1) is 16.6. The van der Waals surface area contributed by atoms with Crippen LogP contribution >= 0.6 is 0 Å². The maximum atomic E-state index is 12.1. The number of nitrogens with zero attached hydrogens (tertiary/aromatic N) is 1. The highest BCUT2D eigenvalue weighted by atomic mass is 32.2. The number of hydrogen-bond donors (Lipinski definition) is 2. The Bertz CT molecular complexity index is 1020. The molecular formula is C21H31N3O11S. The highest BCUT2D eigenvalue weighted by Gasteiger charge is 2.27. The number of hydrogen-bond acceptors (Lipinski definition) is 11. The van der Waals surface area contributed by atoms with E-state index in [9.17, 15) is 32.9 Å². The lowest BCUT2D eigenvalue weighted by molar-refractivity contribution is -0.384. The molecule has 0 aliphatic heterocycles. The molecule has 0 spiro atoms. The van der Waals surface area contributed by atoms with Crippen molar-refractivity contribution in [1.82, 2.24) is 10.6 Å². The fourth-order valence-corrected chi connectivity index (χ4v) is 3.39. The van der Waals surface area contributed by atoms with Gasteiger partial charge in [0.1, 0.15) is 18.2 Å². The zero-order chi connectivity index (χ0) is 27.5. The molecule has 2 N–H and O–H groups in total. The predicted octanol–water partition coefficient (Wildman–Crippen LogP) is 2.01. The molecule has 2 unspecified atom stereocenters. The molecule has 202 valence electrons. The standard InChI is InChI=1S/C21H31N3O11S/c1-21(2,3)34-20(27)23-17(18(25)32-4)11-10-16(35-36(5,30)31)12-22-19(26)33-13-14-6-8-15(9-7-14)24(28)29/h6-9,16-17H,10-13H2,1-5H3,(H,22,26)(H,23,27). The van der Waals surface area contributed by atoms with Crippen molar-refractivity contribution in [1.29, 1.82) is 0 Å². The number of nitro groups is 1. The Kier molecular flexibility index (Phi) is 11.5. The van der Waals surface area contributed by atoms with Crippen LogP contribution in [0.5, 0.6) is 0 Å². The number of nitro benzene ring substituents is 1. The lowest BCUT2D eigenvalue weighted by Gasteiger charge is -2.23. The molecular weight excluding hydrogens is 502 g/mol. The second-order valence-corrected chi connectivity index (χ2v) is 10.2. The number of esters is 1. The average molecular weight is 534 g/mol. The van der Waals surface area contributed by atoms with Crippen LogP contribution in [-0.2, 0) is 39.9 Å². The van der Waals surface area contributed by atoms with Crippen molar-refractivity contribution >= 4 is 34.0 Å². The molecule has 0 bridgehead atoms. The van der Waals surface area contributed by atoms with E-state index >= 15 is 0 Å². The molecule has 14 nitrogen and oxygen atoms in total. The van der Waals surface area contributed by atoms with Crippen LogP contribution in [0.25, 0.3) is 0 Å². The van der Waals surface area contributed by atoms with Crippen molar-refractivity contribution in [2.45, 2.75) is 58.0 Å². The third kappa shape index (κ3) is 12.9. The lowest BCUT2D eigenvalue weighted by atomic mass is 10.1. The molecule has 2 atom stereocenters. The number of carbonyl (C=O) groups excluding carboxylic acids is 3. The molecule has 0 saturated heterocycles. The van der Waals surface area contributed by atoms with Gasteiger partial charge < -0.3 is 24.8 Å². The Morgan fingerprint density at radius 2 is 1.69 bits per heavy atom. The number of nitrogens with one attached hydrogen (secondary N) is 2. The molecule has 36 heavy (non-hydrogen) atoms. The Morgan fingerprint density at radius 1 is 1.08 bits per heavy atom. The number of amides is 2. The van der Waals surface area contributed by atoms with Gasteiger partial charge in [-0.2, -0.15) is 8.42 Å². The van der Waals surface area contributed by atoms with Crippen LogP contribution in [0.1, 0.15) is 39.2 Å². The third-order valence-corrected chi connectivity index (χ3v) is 4.88. The van der Waals surface area contributed by atoms with Gasteiger partial charge in [-0.15, -0.1) is 0 Å². The normalized spacial score (nSPS) is 13.1. The van der Waals surface area contributed by atoms with Crippen LogP contribution in [0.15, 0.2) is 24.3 Å². The Balaban J connectivity index is 2.71. The van der Waals surface area contributed by atoms with Gasteiger partial charge in [-0.05, 0) is 51.3 Å². The van der Waals surface area contributed by atoms with Gasteiger partial charge in [0.15, 0.2) is 0 Å². The molecule has 0 aliphatic carbocycles. The van der Waals surface area contributed by atoms with Crippen LogP contribution in [0, 0.1) is 10.1 Å². The first-order valence-corrected chi connectivity index (χ1v) is 12.5.